The zero-order chi connectivity index (χ0) is 23.5. The Balaban J connectivity index is 1.74. The number of hydrogen-bond acceptors (Lipinski definition) is 5. The first-order valence-electron chi connectivity index (χ1n) is 11.4. The summed E-state index contributed by atoms with van der Waals surface area (Å²) in [5.41, 5.74) is 5.08. The number of amides is 1. The lowest BCUT2D eigenvalue weighted by molar-refractivity contribution is -0.116. The first kappa shape index (κ1) is 23.2. The fourth-order valence-corrected chi connectivity index (χ4v) is 4.95. The smallest absolute Gasteiger partial charge is 0.255 e. The van der Waals surface area contributed by atoms with Gasteiger partial charge in [-0.1, -0.05) is 12.1 Å². The van der Waals surface area contributed by atoms with Crippen LogP contribution in [0, 0.1) is 0 Å². The van der Waals surface area contributed by atoms with E-state index in [2.05, 4.69) is 74.6 Å². The monoisotopic (exact) mass is 508 g/mol. The van der Waals surface area contributed by atoms with Crippen LogP contribution in [0.2, 0.25) is 0 Å². The molecule has 2 N–H and O–H groups in total. The predicted molar refractivity (Wildman–Crippen MR) is 135 cm³/mol. The Hall–Kier alpha value is -2.93. The molecule has 0 spiro atoms. The van der Waals surface area contributed by atoms with E-state index in [0.29, 0.717) is 17.8 Å². The Morgan fingerprint density at radius 3 is 2.52 bits per heavy atom. The number of anilines is 2. The number of nitrogens with zero attached hydrogens (tertiary/aromatic N) is 2. The van der Waals surface area contributed by atoms with Crippen LogP contribution in [0.1, 0.15) is 51.5 Å². The van der Waals surface area contributed by atoms with E-state index in [1.807, 2.05) is 13.0 Å². The van der Waals surface area contributed by atoms with Gasteiger partial charge >= 0.3 is 0 Å². The third-order valence-electron chi connectivity index (χ3n) is 6.34. The number of dihydropyridines is 1. The molecule has 1 aliphatic heterocycles. The molecule has 1 aromatic carbocycles. The minimum Gasteiger partial charge on any atom is -0.372 e. The Bertz CT molecular complexity index is 1120. The normalized spacial score (nSPS) is 18.1. The van der Waals surface area contributed by atoms with Crippen LogP contribution in [0.5, 0.6) is 0 Å². The van der Waals surface area contributed by atoms with Crippen LogP contribution < -0.4 is 15.5 Å². The number of pyridine rings is 1. The number of ketones is 1. The average Bonchev–Trinajstić information content (AvgIpc) is 2.81. The maximum absolute atomic E-state index is 13.5. The lowest BCUT2D eigenvalue weighted by Gasteiger charge is -2.34. The fraction of sp³-hybridized carbons (Fsp3) is 0.346. The number of aromatic nitrogens is 1. The van der Waals surface area contributed by atoms with Gasteiger partial charge in [-0.2, -0.15) is 0 Å². The molecule has 172 valence electrons. The van der Waals surface area contributed by atoms with E-state index < -0.39 is 5.92 Å². The summed E-state index contributed by atoms with van der Waals surface area (Å²) < 4.78 is 0.837. The van der Waals surface area contributed by atoms with Gasteiger partial charge in [0.05, 0.1) is 0 Å². The summed E-state index contributed by atoms with van der Waals surface area (Å²) in [7, 11) is 0. The van der Waals surface area contributed by atoms with E-state index in [0.717, 1.165) is 58.6 Å². The molecule has 1 aliphatic carbocycles. The summed E-state index contributed by atoms with van der Waals surface area (Å²) in [6.07, 6.45) is 3.80. The predicted octanol–water partition coefficient (Wildman–Crippen LogP) is 5.30. The van der Waals surface area contributed by atoms with Gasteiger partial charge in [0.1, 0.15) is 5.82 Å². The number of allylic oxidation sites excluding steroid dienone is 3. The molecular formula is C26H29BrN4O2. The molecule has 33 heavy (non-hydrogen) atoms. The van der Waals surface area contributed by atoms with E-state index >= 15 is 0 Å². The van der Waals surface area contributed by atoms with Crippen LogP contribution in [0.4, 0.5) is 11.5 Å². The third-order valence-corrected chi connectivity index (χ3v) is 6.81. The molecule has 2 aromatic rings. The number of benzene rings is 1. The summed E-state index contributed by atoms with van der Waals surface area (Å²) in [5.74, 6) is -0.0807. The zero-order valence-electron chi connectivity index (χ0n) is 19.2. The van der Waals surface area contributed by atoms with Gasteiger partial charge in [0.25, 0.3) is 5.91 Å². The summed E-state index contributed by atoms with van der Waals surface area (Å²) in [6.45, 7) is 8.01. The maximum Gasteiger partial charge on any atom is 0.255 e. The Kier molecular flexibility index (Phi) is 6.98. The van der Waals surface area contributed by atoms with E-state index in [-0.39, 0.29) is 11.7 Å². The molecule has 7 heteroatoms. The Labute approximate surface area is 203 Å². The highest BCUT2D eigenvalue weighted by atomic mass is 79.9. The van der Waals surface area contributed by atoms with Gasteiger partial charge in [-0.05, 0) is 79.4 Å². The fourth-order valence-electron chi connectivity index (χ4n) is 4.72. The highest BCUT2D eigenvalue weighted by Crippen LogP contribution is 2.42. The van der Waals surface area contributed by atoms with Crippen LogP contribution >= 0.6 is 15.9 Å². The topological polar surface area (TPSA) is 74.3 Å². The number of carbonyl (C=O) groups excluding carboxylic acids is 2. The van der Waals surface area contributed by atoms with E-state index in [9.17, 15) is 9.59 Å². The summed E-state index contributed by atoms with van der Waals surface area (Å²) >= 11 is 3.37. The molecule has 6 nitrogen and oxygen atoms in total. The standard InChI is InChI=1S/C26H29BrN4O2/c1-4-31(5-2)19-12-9-17(10-13-19)24-23(26(33)30-22-14-11-18(27)15-28-22)16(3)29-20-7-6-8-21(32)25(20)24/h9-15,24,29H,4-8H2,1-3H3,(H,28,30,33). The molecular weight excluding hydrogens is 480 g/mol. The lowest BCUT2D eigenvalue weighted by Crippen LogP contribution is -2.35. The largest absolute Gasteiger partial charge is 0.372 e. The molecule has 4 rings (SSSR count). The van der Waals surface area contributed by atoms with Crippen molar-refractivity contribution in [1.29, 1.82) is 0 Å². The van der Waals surface area contributed by atoms with E-state index in [4.69, 9.17) is 0 Å². The first-order valence-corrected chi connectivity index (χ1v) is 12.2. The summed E-state index contributed by atoms with van der Waals surface area (Å²) in [5, 5.41) is 6.28. The second kappa shape index (κ2) is 9.91. The number of Topliss-reactive ketones (excluding diaryl/α,β-unsaturated/α-hetero) is 1. The molecule has 2 aliphatic rings. The van der Waals surface area contributed by atoms with Crippen molar-refractivity contribution in [2.75, 3.05) is 23.3 Å². The van der Waals surface area contributed by atoms with Crippen LogP contribution in [0.15, 0.2) is 69.6 Å². The van der Waals surface area contributed by atoms with E-state index in [1.165, 1.54) is 0 Å². The van der Waals surface area contributed by atoms with Gasteiger partial charge in [-0.3, -0.25) is 9.59 Å². The van der Waals surface area contributed by atoms with Crippen molar-refractivity contribution < 1.29 is 9.59 Å². The van der Waals surface area contributed by atoms with Gasteiger partial charge in [-0.15, -0.1) is 0 Å². The second-order valence-corrected chi connectivity index (χ2v) is 9.26. The van der Waals surface area contributed by atoms with Crippen LogP contribution in [0.25, 0.3) is 0 Å². The molecule has 1 amide bonds. The third kappa shape index (κ3) is 4.74. The molecule has 0 bridgehead atoms. The van der Waals surface area contributed by atoms with E-state index in [1.54, 1.807) is 12.3 Å². The van der Waals surface area contributed by atoms with Crippen molar-refractivity contribution in [3.63, 3.8) is 0 Å². The lowest BCUT2D eigenvalue weighted by atomic mass is 9.75. The highest BCUT2D eigenvalue weighted by molar-refractivity contribution is 9.10. The molecule has 2 heterocycles. The van der Waals surface area contributed by atoms with Crippen molar-refractivity contribution in [3.05, 3.63) is 75.2 Å². The number of halogens is 1. The van der Waals surface area contributed by atoms with Gasteiger partial charge in [0, 0.05) is 64.3 Å². The second-order valence-electron chi connectivity index (χ2n) is 8.35. The number of carbonyl (C=O) groups is 2. The molecule has 0 fully saturated rings. The van der Waals surface area contributed by atoms with Crippen molar-refractivity contribution in [2.45, 2.75) is 46.0 Å². The van der Waals surface area contributed by atoms with Gasteiger partial charge in [0.2, 0.25) is 0 Å². The summed E-state index contributed by atoms with van der Waals surface area (Å²) in [6, 6.07) is 11.8. The minimum atomic E-state index is -0.407. The van der Waals surface area contributed by atoms with Crippen LogP contribution in [-0.2, 0) is 9.59 Å². The van der Waals surface area contributed by atoms with Crippen molar-refractivity contribution >= 4 is 39.1 Å². The molecule has 0 saturated heterocycles. The minimum absolute atomic E-state index is 0.112. The molecule has 0 radical (unpaired) electrons. The van der Waals surface area contributed by atoms with Gasteiger partial charge in [-0.25, -0.2) is 4.98 Å². The Morgan fingerprint density at radius 2 is 1.88 bits per heavy atom. The maximum atomic E-state index is 13.5. The van der Waals surface area contributed by atoms with Gasteiger partial charge in [0.15, 0.2) is 5.78 Å². The van der Waals surface area contributed by atoms with Crippen LogP contribution in [-0.4, -0.2) is 29.8 Å². The molecule has 1 unspecified atom stereocenters. The SMILES string of the molecule is CCN(CC)c1ccc(C2C(C(=O)Nc3ccc(Br)cn3)=C(C)NC3=C2C(=O)CCC3)cc1. The average molecular weight is 509 g/mol. The number of rotatable bonds is 6. The molecule has 1 aromatic heterocycles. The zero-order valence-corrected chi connectivity index (χ0v) is 20.8. The Morgan fingerprint density at radius 1 is 1.15 bits per heavy atom. The van der Waals surface area contributed by atoms with Crippen LogP contribution in [0.3, 0.4) is 0 Å². The van der Waals surface area contributed by atoms with Crippen molar-refractivity contribution in [3.8, 4) is 0 Å². The molecule has 1 atom stereocenters. The van der Waals surface area contributed by atoms with Gasteiger partial charge < -0.3 is 15.5 Å². The quantitative estimate of drug-likeness (QED) is 0.553. The first-order chi connectivity index (χ1) is 15.9. The van der Waals surface area contributed by atoms with Crippen molar-refractivity contribution in [1.82, 2.24) is 10.3 Å². The summed E-state index contributed by atoms with van der Waals surface area (Å²) in [4.78, 5) is 33.1. The van der Waals surface area contributed by atoms with Crippen molar-refractivity contribution in [2.24, 2.45) is 0 Å². The number of nitrogens with one attached hydrogen (secondary N) is 2. The number of hydrogen-bond donors (Lipinski definition) is 2. The highest BCUT2D eigenvalue weighted by Gasteiger charge is 2.38. The molecule has 0 saturated carbocycles.